The molecule has 0 radical (unpaired) electrons. The molecule has 4 heteroatoms. The molecule has 0 spiro atoms. The fourth-order valence-electron chi connectivity index (χ4n) is 2.77. The molecule has 0 aromatic carbocycles. The molecule has 0 rings (SSSR count). The quantitative estimate of drug-likeness (QED) is 0.644. The van der Waals surface area contributed by atoms with Crippen LogP contribution in [0, 0.1) is 10.8 Å². The van der Waals surface area contributed by atoms with E-state index in [-0.39, 0.29) is 16.6 Å². The zero-order valence-electron chi connectivity index (χ0n) is 16.0. The summed E-state index contributed by atoms with van der Waals surface area (Å²) < 4.78 is 11.7. The van der Waals surface area contributed by atoms with Gasteiger partial charge in [0, 0.05) is 7.11 Å². The van der Waals surface area contributed by atoms with E-state index in [1.807, 2.05) is 13.8 Å². The Bertz CT molecular complexity index is 371. The van der Waals surface area contributed by atoms with Crippen LogP contribution in [0.5, 0.6) is 0 Å². The van der Waals surface area contributed by atoms with Gasteiger partial charge in [-0.05, 0) is 59.3 Å². The van der Waals surface area contributed by atoms with E-state index in [0.717, 1.165) is 12.8 Å². The van der Waals surface area contributed by atoms with Gasteiger partial charge in [-0.1, -0.05) is 20.8 Å². The van der Waals surface area contributed by atoms with Gasteiger partial charge in [0.15, 0.2) is 0 Å². The van der Waals surface area contributed by atoms with Crippen LogP contribution in [0.2, 0.25) is 0 Å². The Morgan fingerprint density at radius 2 is 1.55 bits per heavy atom. The van der Waals surface area contributed by atoms with E-state index >= 15 is 0 Å². The first-order valence-corrected chi connectivity index (χ1v) is 8.15. The Morgan fingerprint density at radius 1 is 1.05 bits per heavy atom. The van der Waals surface area contributed by atoms with Crippen molar-refractivity contribution >= 4 is 5.97 Å². The summed E-state index contributed by atoms with van der Waals surface area (Å²) in [6, 6.07) is 0. The largest absolute Gasteiger partial charge is 0.481 e. The minimum Gasteiger partial charge on any atom is -0.481 e. The summed E-state index contributed by atoms with van der Waals surface area (Å²) in [5, 5.41) is 9.40. The van der Waals surface area contributed by atoms with Gasteiger partial charge >= 0.3 is 5.97 Å². The van der Waals surface area contributed by atoms with Crippen molar-refractivity contribution in [3.8, 4) is 0 Å². The molecule has 0 amide bonds. The van der Waals surface area contributed by atoms with Gasteiger partial charge in [-0.15, -0.1) is 0 Å². The van der Waals surface area contributed by atoms with Crippen LogP contribution >= 0.6 is 0 Å². The van der Waals surface area contributed by atoms with Crippen LogP contribution in [0.15, 0.2) is 0 Å². The number of carbonyl (C=O) groups is 1. The molecule has 0 saturated carbocycles. The number of rotatable bonds is 10. The summed E-state index contributed by atoms with van der Waals surface area (Å²) in [6.07, 6.45) is 2.20. The lowest BCUT2D eigenvalue weighted by atomic mass is 9.65. The molecule has 1 N–H and O–H groups in total. The van der Waals surface area contributed by atoms with E-state index in [9.17, 15) is 9.90 Å². The lowest BCUT2D eigenvalue weighted by Crippen LogP contribution is -2.48. The van der Waals surface area contributed by atoms with E-state index < -0.39 is 11.4 Å². The normalized spacial score (nSPS) is 16.4. The summed E-state index contributed by atoms with van der Waals surface area (Å²) in [5.41, 5.74) is -1.60. The molecule has 0 aliphatic heterocycles. The smallest absolute Gasteiger partial charge is 0.309 e. The second-order valence-electron chi connectivity index (χ2n) is 8.40. The van der Waals surface area contributed by atoms with Crippen molar-refractivity contribution in [2.75, 3.05) is 13.7 Å². The Labute approximate surface area is 136 Å². The van der Waals surface area contributed by atoms with Gasteiger partial charge < -0.3 is 14.6 Å². The molecule has 0 aliphatic carbocycles. The second kappa shape index (κ2) is 7.31. The number of hydrogen-bond acceptors (Lipinski definition) is 3. The van der Waals surface area contributed by atoms with Gasteiger partial charge in [0.2, 0.25) is 0 Å². The number of aliphatic carboxylic acids is 1. The van der Waals surface area contributed by atoms with Crippen LogP contribution in [-0.4, -0.2) is 36.0 Å². The number of carboxylic acids is 1. The monoisotopic (exact) mass is 316 g/mol. The van der Waals surface area contributed by atoms with Crippen molar-refractivity contribution in [3.05, 3.63) is 0 Å². The van der Waals surface area contributed by atoms with Crippen LogP contribution in [0.25, 0.3) is 0 Å². The van der Waals surface area contributed by atoms with Gasteiger partial charge in [0.1, 0.15) is 0 Å². The number of hydrogen-bond donors (Lipinski definition) is 1. The highest BCUT2D eigenvalue weighted by molar-refractivity contribution is 5.73. The molecule has 0 bridgehead atoms. The lowest BCUT2D eigenvalue weighted by molar-refractivity contribution is -0.159. The van der Waals surface area contributed by atoms with Crippen LogP contribution in [-0.2, 0) is 14.3 Å². The molecular weight excluding hydrogens is 280 g/mol. The van der Waals surface area contributed by atoms with E-state index in [1.54, 1.807) is 21.0 Å². The van der Waals surface area contributed by atoms with E-state index in [4.69, 9.17) is 9.47 Å². The number of methoxy groups -OCH3 is 1. The van der Waals surface area contributed by atoms with Gasteiger partial charge in [-0.25, -0.2) is 0 Å². The van der Waals surface area contributed by atoms with E-state index in [0.29, 0.717) is 13.0 Å². The summed E-state index contributed by atoms with van der Waals surface area (Å²) in [4.78, 5) is 11.4. The zero-order valence-corrected chi connectivity index (χ0v) is 16.0. The first kappa shape index (κ1) is 21.4. The zero-order chi connectivity index (χ0) is 17.8. The topological polar surface area (TPSA) is 55.8 Å². The molecule has 0 heterocycles. The third kappa shape index (κ3) is 5.54. The van der Waals surface area contributed by atoms with E-state index in [2.05, 4.69) is 27.7 Å². The third-order valence-electron chi connectivity index (χ3n) is 5.25. The molecule has 0 fully saturated rings. The molecular formula is C18H36O4. The van der Waals surface area contributed by atoms with Crippen LogP contribution in [0.3, 0.4) is 0 Å². The molecule has 0 aliphatic rings. The number of ether oxygens (including phenoxy) is 2. The first-order valence-electron chi connectivity index (χ1n) is 8.15. The SMILES string of the molecule is CCC(C)(OCCC(C)(C)OC)C(C)(C)CC(C)(C)C(=O)O. The maximum absolute atomic E-state index is 11.4. The van der Waals surface area contributed by atoms with Crippen LogP contribution in [0.1, 0.15) is 74.7 Å². The summed E-state index contributed by atoms with van der Waals surface area (Å²) in [7, 11) is 1.71. The Hall–Kier alpha value is -0.610. The average Bonchev–Trinajstić information content (AvgIpc) is 2.36. The van der Waals surface area contributed by atoms with Crippen LogP contribution in [0.4, 0.5) is 0 Å². The van der Waals surface area contributed by atoms with Gasteiger partial charge in [-0.2, -0.15) is 0 Å². The molecule has 1 unspecified atom stereocenters. The molecule has 22 heavy (non-hydrogen) atoms. The first-order chi connectivity index (χ1) is 9.73. The Balaban J connectivity index is 4.99. The van der Waals surface area contributed by atoms with Gasteiger partial charge in [0.25, 0.3) is 0 Å². The summed E-state index contributed by atoms with van der Waals surface area (Å²) in [6.45, 7) is 16.6. The summed E-state index contributed by atoms with van der Waals surface area (Å²) >= 11 is 0. The van der Waals surface area contributed by atoms with Crippen molar-refractivity contribution in [3.63, 3.8) is 0 Å². The van der Waals surface area contributed by atoms with E-state index in [1.165, 1.54) is 0 Å². The lowest BCUT2D eigenvalue weighted by Gasteiger charge is -2.46. The molecule has 1 atom stereocenters. The maximum Gasteiger partial charge on any atom is 0.309 e. The Morgan fingerprint density at radius 3 is 1.91 bits per heavy atom. The van der Waals surface area contributed by atoms with Crippen LogP contribution < -0.4 is 0 Å². The van der Waals surface area contributed by atoms with Crippen molar-refractivity contribution in [1.82, 2.24) is 0 Å². The number of carboxylic acid groups (broad SMARTS) is 1. The molecule has 0 aromatic heterocycles. The molecule has 0 saturated heterocycles. The van der Waals surface area contributed by atoms with Crippen molar-refractivity contribution < 1.29 is 19.4 Å². The fraction of sp³-hybridized carbons (Fsp3) is 0.944. The minimum absolute atomic E-state index is 0.209. The fourth-order valence-corrected chi connectivity index (χ4v) is 2.77. The standard InChI is InChI=1S/C18H36O4/c1-10-18(8,22-12-11-17(6,7)21-9)16(4,5)13-15(2,3)14(19)20/h10-13H2,1-9H3,(H,19,20). The van der Waals surface area contributed by atoms with Crippen molar-refractivity contribution in [2.24, 2.45) is 10.8 Å². The highest BCUT2D eigenvalue weighted by Gasteiger charge is 2.46. The van der Waals surface area contributed by atoms with Crippen molar-refractivity contribution in [1.29, 1.82) is 0 Å². The highest BCUT2D eigenvalue weighted by atomic mass is 16.5. The third-order valence-corrected chi connectivity index (χ3v) is 5.25. The van der Waals surface area contributed by atoms with Gasteiger partial charge in [0.05, 0.1) is 23.2 Å². The molecule has 0 aromatic rings. The minimum atomic E-state index is -0.769. The Kier molecular flexibility index (Phi) is 7.10. The molecule has 4 nitrogen and oxygen atoms in total. The van der Waals surface area contributed by atoms with Crippen molar-refractivity contribution in [2.45, 2.75) is 85.9 Å². The van der Waals surface area contributed by atoms with Gasteiger partial charge in [-0.3, -0.25) is 4.79 Å². The highest BCUT2D eigenvalue weighted by Crippen LogP contribution is 2.45. The summed E-state index contributed by atoms with van der Waals surface area (Å²) in [5.74, 6) is -0.764. The average molecular weight is 316 g/mol. The predicted molar refractivity (Wildman–Crippen MR) is 90.2 cm³/mol. The molecule has 132 valence electrons. The predicted octanol–water partition coefficient (Wildman–Crippen LogP) is 4.51. The maximum atomic E-state index is 11.4. The second-order valence-corrected chi connectivity index (χ2v) is 8.40.